The van der Waals surface area contributed by atoms with Crippen LogP contribution in [0, 0.1) is 23.2 Å². The topological polar surface area (TPSA) is 99.4 Å². The van der Waals surface area contributed by atoms with E-state index in [9.17, 15) is 14.9 Å². The summed E-state index contributed by atoms with van der Waals surface area (Å²) in [6.07, 6.45) is 6.42. The molecule has 3 fully saturated rings. The predicted molar refractivity (Wildman–Crippen MR) is 137 cm³/mol. The van der Waals surface area contributed by atoms with Crippen molar-refractivity contribution in [3.8, 4) is 6.07 Å². The van der Waals surface area contributed by atoms with Crippen LogP contribution in [0.15, 0.2) is 30.3 Å². The summed E-state index contributed by atoms with van der Waals surface area (Å²) in [7, 11) is 0. The molecule has 2 heterocycles. The van der Waals surface area contributed by atoms with Crippen LogP contribution in [0.2, 0.25) is 0 Å². The Labute approximate surface area is 213 Å². The van der Waals surface area contributed by atoms with Crippen molar-refractivity contribution in [3.63, 3.8) is 0 Å². The van der Waals surface area contributed by atoms with Crippen molar-refractivity contribution in [3.05, 3.63) is 36.0 Å². The van der Waals surface area contributed by atoms with Crippen molar-refractivity contribution < 1.29 is 14.3 Å². The summed E-state index contributed by atoms with van der Waals surface area (Å²) < 4.78 is 7.58. The lowest BCUT2D eigenvalue weighted by Gasteiger charge is -2.32. The molecule has 0 bridgehead atoms. The number of amides is 2. The number of ether oxygens (including phenoxy) is 1. The lowest BCUT2D eigenvalue weighted by atomic mass is 9.83. The summed E-state index contributed by atoms with van der Waals surface area (Å²) >= 11 is 0. The van der Waals surface area contributed by atoms with Crippen molar-refractivity contribution in [1.82, 2.24) is 20.1 Å². The van der Waals surface area contributed by atoms with Crippen LogP contribution >= 0.6 is 0 Å². The lowest BCUT2D eigenvalue weighted by Crippen LogP contribution is -2.50. The van der Waals surface area contributed by atoms with E-state index in [2.05, 4.69) is 32.2 Å². The van der Waals surface area contributed by atoms with Gasteiger partial charge in [-0.15, -0.1) is 0 Å². The van der Waals surface area contributed by atoms with Gasteiger partial charge in [0.2, 0.25) is 5.91 Å². The Morgan fingerprint density at radius 1 is 1.08 bits per heavy atom. The number of para-hydroxylation sites is 1. The third-order valence-corrected chi connectivity index (χ3v) is 7.95. The van der Waals surface area contributed by atoms with E-state index in [1.54, 1.807) is 0 Å². The van der Waals surface area contributed by atoms with E-state index in [0.29, 0.717) is 5.69 Å². The molecule has 5 rings (SSSR count). The van der Waals surface area contributed by atoms with Gasteiger partial charge in [-0.2, -0.15) is 5.26 Å². The number of benzene rings is 1. The Hall–Kier alpha value is -2.89. The summed E-state index contributed by atoms with van der Waals surface area (Å²) in [5, 5.41) is 16.7. The van der Waals surface area contributed by atoms with Gasteiger partial charge in [-0.05, 0) is 50.2 Å². The Morgan fingerprint density at radius 3 is 2.64 bits per heavy atom. The summed E-state index contributed by atoms with van der Waals surface area (Å²) in [6.45, 7) is 5.21. The van der Waals surface area contributed by atoms with Gasteiger partial charge in [-0.1, -0.05) is 31.0 Å². The number of carbonyl (C=O) groups excluding carboxylic acids is 2. The molecule has 0 spiro atoms. The molecule has 8 heteroatoms. The first-order chi connectivity index (χ1) is 17.6. The molecule has 0 unspecified atom stereocenters. The van der Waals surface area contributed by atoms with Crippen LogP contribution in [0.1, 0.15) is 55.4 Å². The van der Waals surface area contributed by atoms with Gasteiger partial charge in [0.1, 0.15) is 11.7 Å². The van der Waals surface area contributed by atoms with Gasteiger partial charge in [0.25, 0.3) is 5.91 Å². The zero-order valence-electron chi connectivity index (χ0n) is 21.0. The minimum atomic E-state index is -0.412. The van der Waals surface area contributed by atoms with Crippen molar-refractivity contribution >= 4 is 22.7 Å². The van der Waals surface area contributed by atoms with E-state index >= 15 is 0 Å². The average Bonchev–Trinajstić information content (AvgIpc) is 3.69. The Kier molecular flexibility index (Phi) is 7.88. The monoisotopic (exact) mass is 491 g/mol. The highest BCUT2D eigenvalue weighted by Gasteiger charge is 2.37. The highest BCUT2D eigenvalue weighted by atomic mass is 16.5. The largest absolute Gasteiger partial charge is 0.379 e. The first-order valence-corrected chi connectivity index (χ1v) is 13.5. The summed E-state index contributed by atoms with van der Waals surface area (Å²) in [5.41, 5.74) is 1.71. The van der Waals surface area contributed by atoms with Gasteiger partial charge in [0.15, 0.2) is 0 Å². The smallest absolute Gasteiger partial charge is 0.268 e. The van der Waals surface area contributed by atoms with Gasteiger partial charge in [-0.25, -0.2) is 0 Å². The van der Waals surface area contributed by atoms with Crippen molar-refractivity contribution in [2.24, 2.45) is 11.8 Å². The predicted octanol–water partition coefficient (Wildman–Crippen LogP) is 3.07. The molecule has 36 heavy (non-hydrogen) atoms. The number of fused-ring (bicyclic) bond motifs is 1. The van der Waals surface area contributed by atoms with Gasteiger partial charge < -0.3 is 19.9 Å². The maximum absolute atomic E-state index is 13.6. The number of nitriles is 1. The number of hydrogen-bond acceptors (Lipinski definition) is 5. The van der Waals surface area contributed by atoms with E-state index in [0.717, 1.165) is 95.2 Å². The fraction of sp³-hybridized carbons (Fsp3) is 0.607. The Bertz CT molecular complexity index is 1110. The molecule has 1 aromatic carbocycles. The minimum Gasteiger partial charge on any atom is -0.379 e. The number of nitrogens with one attached hydrogen (secondary N) is 2. The molecule has 1 aliphatic heterocycles. The van der Waals surface area contributed by atoms with Crippen LogP contribution < -0.4 is 10.6 Å². The van der Waals surface area contributed by atoms with E-state index in [1.165, 1.54) is 0 Å². The SMILES string of the molecule is N#C[C@@H](NC(=O)[C@@H]1CCCC[C@@H]1NC(=O)c1cc2ccccc2n1CCCN1CCOCC1)C1CC1. The van der Waals surface area contributed by atoms with E-state index in [4.69, 9.17) is 4.74 Å². The third kappa shape index (κ3) is 5.74. The second-order valence-electron chi connectivity index (χ2n) is 10.5. The summed E-state index contributed by atoms with van der Waals surface area (Å²) in [6, 6.07) is 11.7. The summed E-state index contributed by atoms with van der Waals surface area (Å²) in [4.78, 5) is 29.1. The lowest BCUT2D eigenvalue weighted by molar-refractivity contribution is -0.127. The van der Waals surface area contributed by atoms with Crippen molar-refractivity contribution in [2.75, 3.05) is 32.8 Å². The van der Waals surface area contributed by atoms with Crippen molar-refractivity contribution in [2.45, 2.75) is 63.6 Å². The zero-order chi connectivity index (χ0) is 24.9. The number of rotatable bonds is 9. The van der Waals surface area contributed by atoms with E-state index < -0.39 is 6.04 Å². The fourth-order valence-electron chi connectivity index (χ4n) is 5.72. The second kappa shape index (κ2) is 11.4. The molecule has 2 aliphatic carbocycles. The van der Waals surface area contributed by atoms with Crippen LogP contribution in [-0.2, 0) is 16.1 Å². The minimum absolute atomic E-state index is 0.0931. The molecule has 1 aromatic heterocycles. The normalized spacial score (nSPS) is 23.6. The van der Waals surface area contributed by atoms with Crippen LogP contribution in [0.25, 0.3) is 10.9 Å². The molecule has 0 radical (unpaired) electrons. The molecule has 8 nitrogen and oxygen atoms in total. The summed E-state index contributed by atoms with van der Waals surface area (Å²) in [5.74, 6) is -0.231. The first kappa shape index (κ1) is 24.8. The molecule has 3 atom stereocenters. The standard InChI is InChI=1S/C28H37N5O3/c29-19-24(20-10-11-20)31-27(34)22-7-2-3-8-23(22)30-28(35)26-18-21-6-1-4-9-25(21)33(26)13-5-12-32-14-16-36-17-15-32/h1,4,6,9,18,20,22-24H,2-3,5,7-8,10-17H2,(H,30,35)(H,31,34)/t22-,23+,24-/m1/s1. The number of morpholine rings is 1. The maximum atomic E-state index is 13.6. The van der Waals surface area contributed by atoms with Crippen LogP contribution in [0.3, 0.4) is 0 Å². The van der Waals surface area contributed by atoms with Gasteiger partial charge in [0.05, 0.1) is 25.2 Å². The maximum Gasteiger partial charge on any atom is 0.268 e. The van der Waals surface area contributed by atoms with Crippen LogP contribution in [-0.4, -0.2) is 66.2 Å². The molecular weight excluding hydrogens is 454 g/mol. The quantitative estimate of drug-likeness (QED) is 0.562. The van der Waals surface area contributed by atoms with Gasteiger partial charge >= 0.3 is 0 Å². The second-order valence-corrected chi connectivity index (χ2v) is 10.5. The Balaban J connectivity index is 1.28. The Morgan fingerprint density at radius 2 is 1.86 bits per heavy atom. The van der Waals surface area contributed by atoms with Crippen LogP contribution in [0.5, 0.6) is 0 Å². The van der Waals surface area contributed by atoms with Crippen molar-refractivity contribution in [1.29, 1.82) is 5.26 Å². The first-order valence-electron chi connectivity index (χ1n) is 13.5. The van der Waals surface area contributed by atoms with E-state index in [1.807, 2.05) is 24.3 Å². The molecular formula is C28H37N5O3. The fourth-order valence-corrected chi connectivity index (χ4v) is 5.72. The van der Waals surface area contributed by atoms with Gasteiger partial charge in [0, 0.05) is 43.1 Å². The molecule has 3 aliphatic rings. The number of aryl methyl sites for hydroxylation is 1. The average molecular weight is 492 g/mol. The molecule has 192 valence electrons. The number of hydrogen-bond donors (Lipinski definition) is 2. The molecule has 2 N–H and O–H groups in total. The van der Waals surface area contributed by atoms with Crippen LogP contribution in [0.4, 0.5) is 0 Å². The zero-order valence-corrected chi connectivity index (χ0v) is 21.0. The highest BCUT2D eigenvalue weighted by Crippen LogP contribution is 2.33. The third-order valence-electron chi connectivity index (χ3n) is 7.95. The van der Waals surface area contributed by atoms with Gasteiger partial charge in [-0.3, -0.25) is 14.5 Å². The number of nitrogens with zero attached hydrogens (tertiary/aromatic N) is 3. The molecule has 2 aromatic rings. The number of carbonyl (C=O) groups is 2. The number of aromatic nitrogens is 1. The molecule has 1 saturated heterocycles. The molecule has 2 amide bonds. The molecule has 2 saturated carbocycles. The highest BCUT2D eigenvalue weighted by molar-refractivity contribution is 5.99. The van der Waals surface area contributed by atoms with E-state index in [-0.39, 0.29) is 29.7 Å².